The summed E-state index contributed by atoms with van der Waals surface area (Å²) in [6.07, 6.45) is 1.50. The lowest BCUT2D eigenvalue weighted by Crippen LogP contribution is -2.40. The van der Waals surface area contributed by atoms with Crippen molar-refractivity contribution in [2.45, 2.75) is 37.8 Å². The first-order valence-corrected chi connectivity index (χ1v) is 6.99. The molecule has 1 atom stereocenters. The van der Waals surface area contributed by atoms with Gasteiger partial charge in [-0.15, -0.1) is 0 Å². The SMILES string of the molecule is CC(C)S(=O)(=O)[C@@H](C)C(=O)NCc1ccco1. The minimum absolute atomic E-state index is 0.198. The molecule has 1 aromatic rings. The van der Waals surface area contributed by atoms with Crippen LogP contribution in [0.4, 0.5) is 0 Å². The Kier molecular flexibility index (Phi) is 4.34. The zero-order chi connectivity index (χ0) is 13.1. The van der Waals surface area contributed by atoms with Crippen molar-refractivity contribution in [3.05, 3.63) is 24.2 Å². The molecule has 1 heterocycles. The molecule has 0 saturated heterocycles. The van der Waals surface area contributed by atoms with E-state index < -0.39 is 26.2 Å². The van der Waals surface area contributed by atoms with Crippen LogP contribution >= 0.6 is 0 Å². The number of hydrogen-bond acceptors (Lipinski definition) is 4. The predicted octanol–water partition coefficient (Wildman–Crippen LogP) is 1.11. The summed E-state index contributed by atoms with van der Waals surface area (Å²) < 4.78 is 28.5. The molecule has 1 amide bonds. The second kappa shape index (κ2) is 5.35. The minimum atomic E-state index is -3.41. The number of nitrogens with one attached hydrogen (secondary N) is 1. The highest BCUT2D eigenvalue weighted by molar-refractivity contribution is 7.93. The molecule has 6 heteroatoms. The van der Waals surface area contributed by atoms with Crippen molar-refractivity contribution in [2.24, 2.45) is 0 Å². The summed E-state index contributed by atoms with van der Waals surface area (Å²) in [6, 6.07) is 3.41. The van der Waals surface area contributed by atoms with Gasteiger partial charge in [0.2, 0.25) is 5.91 Å². The number of furan rings is 1. The topological polar surface area (TPSA) is 76.4 Å². The normalized spacial score (nSPS) is 13.6. The third-order valence-electron chi connectivity index (χ3n) is 2.54. The molecule has 0 spiro atoms. The molecule has 17 heavy (non-hydrogen) atoms. The highest BCUT2D eigenvalue weighted by atomic mass is 32.2. The molecule has 0 unspecified atom stereocenters. The summed E-state index contributed by atoms with van der Waals surface area (Å²) in [5.41, 5.74) is 0. The molecule has 0 aliphatic heterocycles. The minimum Gasteiger partial charge on any atom is -0.467 e. The lowest BCUT2D eigenvalue weighted by Gasteiger charge is -2.15. The third kappa shape index (κ3) is 3.33. The summed E-state index contributed by atoms with van der Waals surface area (Å²) >= 11 is 0. The molecular formula is C11H17NO4S. The lowest BCUT2D eigenvalue weighted by molar-refractivity contribution is -0.120. The molecule has 0 aliphatic carbocycles. The Bertz CT molecular complexity index is 462. The van der Waals surface area contributed by atoms with E-state index in [1.54, 1.807) is 26.0 Å². The van der Waals surface area contributed by atoms with Crippen LogP contribution in [0.1, 0.15) is 26.5 Å². The van der Waals surface area contributed by atoms with Crippen LogP contribution in [0, 0.1) is 0 Å². The van der Waals surface area contributed by atoms with Gasteiger partial charge in [0, 0.05) is 0 Å². The van der Waals surface area contributed by atoms with Gasteiger partial charge in [0.1, 0.15) is 11.0 Å². The lowest BCUT2D eigenvalue weighted by atomic mass is 10.4. The summed E-state index contributed by atoms with van der Waals surface area (Å²) in [5.74, 6) is 0.0857. The number of sulfone groups is 1. The molecule has 96 valence electrons. The highest BCUT2D eigenvalue weighted by Crippen LogP contribution is 2.09. The number of hydrogen-bond donors (Lipinski definition) is 1. The van der Waals surface area contributed by atoms with Gasteiger partial charge in [-0.3, -0.25) is 4.79 Å². The van der Waals surface area contributed by atoms with Crippen LogP contribution in [0.3, 0.4) is 0 Å². The van der Waals surface area contributed by atoms with E-state index in [9.17, 15) is 13.2 Å². The number of carbonyl (C=O) groups excluding carboxylic acids is 1. The van der Waals surface area contributed by atoms with Crippen LogP contribution in [0.5, 0.6) is 0 Å². The van der Waals surface area contributed by atoms with E-state index in [-0.39, 0.29) is 6.54 Å². The van der Waals surface area contributed by atoms with E-state index in [0.29, 0.717) is 5.76 Å². The van der Waals surface area contributed by atoms with Crippen molar-refractivity contribution in [1.82, 2.24) is 5.32 Å². The molecule has 0 saturated carbocycles. The van der Waals surface area contributed by atoms with Crippen LogP contribution in [-0.4, -0.2) is 24.8 Å². The summed E-state index contributed by atoms with van der Waals surface area (Å²) in [4.78, 5) is 11.7. The Labute approximate surface area is 101 Å². The van der Waals surface area contributed by atoms with E-state index in [4.69, 9.17) is 4.42 Å². The first kappa shape index (κ1) is 13.8. The summed E-state index contributed by atoms with van der Waals surface area (Å²) in [6.45, 7) is 4.72. The van der Waals surface area contributed by atoms with Gasteiger partial charge in [0.25, 0.3) is 0 Å². The monoisotopic (exact) mass is 259 g/mol. The van der Waals surface area contributed by atoms with E-state index in [2.05, 4.69) is 5.32 Å². The Morgan fingerprint density at radius 1 is 1.41 bits per heavy atom. The van der Waals surface area contributed by atoms with Crippen LogP contribution in [-0.2, 0) is 21.2 Å². The van der Waals surface area contributed by atoms with Crippen molar-refractivity contribution < 1.29 is 17.6 Å². The smallest absolute Gasteiger partial charge is 0.238 e. The first-order chi connectivity index (χ1) is 7.85. The van der Waals surface area contributed by atoms with Gasteiger partial charge >= 0.3 is 0 Å². The van der Waals surface area contributed by atoms with Crippen molar-refractivity contribution in [3.8, 4) is 0 Å². The van der Waals surface area contributed by atoms with Crippen LogP contribution in [0.15, 0.2) is 22.8 Å². The van der Waals surface area contributed by atoms with E-state index in [1.807, 2.05) is 0 Å². The third-order valence-corrected chi connectivity index (χ3v) is 5.05. The van der Waals surface area contributed by atoms with Gasteiger partial charge in [0.05, 0.1) is 18.1 Å². The average molecular weight is 259 g/mol. The quantitative estimate of drug-likeness (QED) is 0.859. The molecule has 0 fully saturated rings. The van der Waals surface area contributed by atoms with Gasteiger partial charge in [-0.25, -0.2) is 8.42 Å². The Morgan fingerprint density at radius 3 is 2.53 bits per heavy atom. The molecular weight excluding hydrogens is 242 g/mol. The van der Waals surface area contributed by atoms with Crippen LogP contribution < -0.4 is 5.32 Å². The average Bonchev–Trinajstić information content (AvgIpc) is 2.77. The number of amides is 1. The molecule has 0 aromatic carbocycles. The standard InChI is InChI=1S/C11H17NO4S/c1-8(2)17(14,15)9(3)11(13)12-7-10-5-4-6-16-10/h4-6,8-9H,7H2,1-3H3,(H,12,13)/t9-/m0/s1. The highest BCUT2D eigenvalue weighted by Gasteiger charge is 2.30. The van der Waals surface area contributed by atoms with E-state index in [1.165, 1.54) is 13.2 Å². The first-order valence-electron chi connectivity index (χ1n) is 5.38. The van der Waals surface area contributed by atoms with E-state index >= 15 is 0 Å². The van der Waals surface area contributed by atoms with Crippen molar-refractivity contribution in [3.63, 3.8) is 0 Å². The number of carbonyl (C=O) groups is 1. The van der Waals surface area contributed by atoms with Crippen LogP contribution in [0.25, 0.3) is 0 Å². The largest absolute Gasteiger partial charge is 0.467 e. The fourth-order valence-corrected chi connectivity index (χ4v) is 2.49. The number of rotatable bonds is 5. The summed E-state index contributed by atoms with van der Waals surface area (Å²) in [7, 11) is -3.41. The van der Waals surface area contributed by atoms with Crippen molar-refractivity contribution in [2.75, 3.05) is 0 Å². The van der Waals surface area contributed by atoms with Gasteiger partial charge in [-0.1, -0.05) is 0 Å². The Balaban J connectivity index is 2.59. The zero-order valence-corrected chi connectivity index (χ0v) is 11.0. The van der Waals surface area contributed by atoms with E-state index in [0.717, 1.165) is 0 Å². The summed E-state index contributed by atoms with van der Waals surface area (Å²) in [5, 5.41) is 0.927. The molecule has 5 nitrogen and oxygen atoms in total. The van der Waals surface area contributed by atoms with Gasteiger partial charge in [-0.05, 0) is 32.9 Å². The van der Waals surface area contributed by atoms with Gasteiger partial charge in [-0.2, -0.15) is 0 Å². The fraction of sp³-hybridized carbons (Fsp3) is 0.545. The predicted molar refractivity (Wildman–Crippen MR) is 64.1 cm³/mol. The maximum Gasteiger partial charge on any atom is 0.238 e. The molecule has 1 N–H and O–H groups in total. The van der Waals surface area contributed by atoms with Gasteiger partial charge < -0.3 is 9.73 Å². The Morgan fingerprint density at radius 2 is 2.06 bits per heavy atom. The molecule has 0 aliphatic rings. The molecule has 0 radical (unpaired) electrons. The fourth-order valence-electron chi connectivity index (χ4n) is 1.29. The van der Waals surface area contributed by atoms with Gasteiger partial charge in [0.15, 0.2) is 9.84 Å². The maximum absolute atomic E-state index is 11.7. The molecule has 0 bridgehead atoms. The zero-order valence-electron chi connectivity index (χ0n) is 10.1. The van der Waals surface area contributed by atoms with Crippen molar-refractivity contribution in [1.29, 1.82) is 0 Å². The molecule has 1 rings (SSSR count). The molecule has 1 aromatic heterocycles. The maximum atomic E-state index is 11.7. The second-order valence-corrected chi connectivity index (χ2v) is 6.91. The second-order valence-electron chi connectivity index (χ2n) is 4.08. The Hall–Kier alpha value is -1.30. The van der Waals surface area contributed by atoms with Crippen LogP contribution in [0.2, 0.25) is 0 Å². The van der Waals surface area contributed by atoms with Crippen molar-refractivity contribution >= 4 is 15.7 Å².